The molecule has 0 fully saturated rings. The largest absolute Gasteiger partial charge is 0.493 e. The van der Waals surface area contributed by atoms with Crippen molar-refractivity contribution >= 4 is 27.3 Å². The summed E-state index contributed by atoms with van der Waals surface area (Å²) < 4.78 is 19.9. The zero-order chi connectivity index (χ0) is 18.0. The van der Waals surface area contributed by atoms with Crippen LogP contribution in [0.1, 0.15) is 30.5 Å². The van der Waals surface area contributed by atoms with E-state index in [0.717, 1.165) is 27.7 Å². The summed E-state index contributed by atoms with van der Waals surface area (Å²) in [5, 5.41) is 0. The summed E-state index contributed by atoms with van der Waals surface area (Å²) in [5.74, 6) is 0.0317. The molecule has 2 heterocycles. The Morgan fingerprint density at radius 1 is 1.44 bits per heavy atom. The Bertz CT molecular complexity index is 848. The van der Waals surface area contributed by atoms with E-state index < -0.39 is 0 Å². The molecule has 1 atom stereocenters. The molecule has 2 aromatic rings. The number of nitrogens with zero attached hydrogens (tertiary/aromatic N) is 1. The Balaban J connectivity index is 1.89. The van der Waals surface area contributed by atoms with Crippen molar-refractivity contribution in [3.63, 3.8) is 0 Å². The summed E-state index contributed by atoms with van der Waals surface area (Å²) in [6, 6.07) is 6.38. The van der Waals surface area contributed by atoms with Crippen molar-refractivity contribution in [2.75, 3.05) is 6.61 Å². The molecule has 1 aromatic carbocycles. The van der Waals surface area contributed by atoms with Crippen LogP contribution in [0.3, 0.4) is 0 Å². The number of halogens is 2. The molecule has 0 saturated heterocycles. The highest BCUT2D eigenvalue weighted by molar-refractivity contribution is 9.10. The number of aryl methyl sites for hydroxylation is 1. The lowest BCUT2D eigenvalue weighted by Crippen LogP contribution is -2.29. The monoisotopic (exact) mass is 403 g/mol. The van der Waals surface area contributed by atoms with Crippen LogP contribution in [0.25, 0.3) is 5.57 Å². The van der Waals surface area contributed by atoms with E-state index in [0.29, 0.717) is 24.4 Å². The number of rotatable bonds is 4. The molecule has 0 N–H and O–H groups in total. The van der Waals surface area contributed by atoms with Gasteiger partial charge in [-0.05, 0) is 71.1 Å². The van der Waals surface area contributed by atoms with Gasteiger partial charge in [-0.2, -0.15) is 0 Å². The molecular weight excluding hydrogens is 385 g/mol. The molecule has 130 valence electrons. The first-order chi connectivity index (χ1) is 12.0. The van der Waals surface area contributed by atoms with E-state index in [1.807, 2.05) is 26.0 Å². The molecular formula is C20H19BrFNO2. The number of allylic oxidation sites excluding steroid dienone is 2. The molecule has 0 saturated carbocycles. The highest BCUT2D eigenvalue weighted by Gasteiger charge is 2.29. The van der Waals surface area contributed by atoms with Gasteiger partial charge in [0.15, 0.2) is 5.78 Å². The van der Waals surface area contributed by atoms with Crippen LogP contribution >= 0.6 is 15.9 Å². The predicted molar refractivity (Wildman–Crippen MR) is 99.1 cm³/mol. The number of Topliss-reactive ketones (excluding diaryl/α,β-unsaturated/α-hetero) is 1. The number of ketones is 1. The molecule has 0 aliphatic carbocycles. The lowest BCUT2D eigenvalue weighted by atomic mass is 9.86. The van der Waals surface area contributed by atoms with Crippen LogP contribution in [0.4, 0.5) is 4.39 Å². The number of aromatic nitrogens is 1. The van der Waals surface area contributed by atoms with E-state index >= 15 is 0 Å². The molecule has 3 rings (SSSR count). The van der Waals surface area contributed by atoms with Gasteiger partial charge >= 0.3 is 0 Å². The van der Waals surface area contributed by atoms with Gasteiger partial charge in [0.25, 0.3) is 0 Å². The Hall–Kier alpha value is -2.01. The van der Waals surface area contributed by atoms with Crippen molar-refractivity contribution in [2.24, 2.45) is 5.92 Å². The fraction of sp³-hybridized carbons (Fsp3) is 0.300. The summed E-state index contributed by atoms with van der Waals surface area (Å²) >= 11 is 3.38. The zero-order valence-corrected chi connectivity index (χ0v) is 15.8. The summed E-state index contributed by atoms with van der Waals surface area (Å²) in [6.45, 7) is 4.21. The predicted octanol–water partition coefficient (Wildman–Crippen LogP) is 4.77. The van der Waals surface area contributed by atoms with Crippen molar-refractivity contribution in [3.8, 4) is 5.75 Å². The molecule has 0 bridgehead atoms. The maximum Gasteiger partial charge on any atom is 0.170 e. The number of carbonyl (C=O) groups excluding carboxylic acids is 1. The number of benzene rings is 1. The van der Waals surface area contributed by atoms with Crippen molar-refractivity contribution < 1.29 is 13.9 Å². The second-order valence-electron chi connectivity index (χ2n) is 6.05. The topological polar surface area (TPSA) is 39.2 Å². The molecule has 1 aliphatic heterocycles. The Morgan fingerprint density at radius 3 is 2.96 bits per heavy atom. The quantitative estimate of drug-likeness (QED) is 0.545. The Labute approximate surface area is 155 Å². The third-order valence-corrected chi connectivity index (χ3v) is 4.91. The molecule has 0 amide bonds. The van der Waals surface area contributed by atoms with Gasteiger partial charge in [0, 0.05) is 17.3 Å². The number of hydrogen-bond acceptors (Lipinski definition) is 3. The lowest BCUT2D eigenvalue weighted by molar-refractivity contribution is -0.118. The number of hydrogen-bond donors (Lipinski definition) is 0. The molecule has 5 heteroatoms. The van der Waals surface area contributed by atoms with Gasteiger partial charge < -0.3 is 4.74 Å². The van der Waals surface area contributed by atoms with Crippen molar-refractivity contribution in [3.05, 3.63) is 63.6 Å². The number of ether oxygens (including phenoxy) is 1. The Kier molecular flexibility index (Phi) is 5.33. The molecule has 1 unspecified atom stereocenters. The van der Waals surface area contributed by atoms with Crippen LogP contribution in [-0.4, -0.2) is 17.4 Å². The molecule has 25 heavy (non-hydrogen) atoms. The summed E-state index contributed by atoms with van der Waals surface area (Å²) in [6.07, 6.45) is 4.84. The number of pyridine rings is 1. The first kappa shape index (κ1) is 17.8. The first-order valence-corrected chi connectivity index (χ1v) is 9.09. The lowest BCUT2D eigenvalue weighted by Gasteiger charge is -2.25. The number of carbonyl (C=O) groups is 1. The smallest absolute Gasteiger partial charge is 0.170 e. The van der Waals surface area contributed by atoms with E-state index in [2.05, 4.69) is 20.9 Å². The SMILES string of the molecule is C/C=C(/C(=O)C1COc2ccc(F)cc2C1)c1cnc(Br)cc1CC. The molecule has 1 aliphatic rings. The average molecular weight is 404 g/mol. The van der Waals surface area contributed by atoms with E-state index in [9.17, 15) is 9.18 Å². The minimum atomic E-state index is -0.325. The Morgan fingerprint density at radius 2 is 2.24 bits per heavy atom. The van der Waals surface area contributed by atoms with Gasteiger partial charge in [-0.3, -0.25) is 4.79 Å². The second-order valence-corrected chi connectivity index (χ2v) is 6.86. The maximum absolute atomic E-state index is 13.5. The minimum Gasteiger partial charge on any atom is -0.493 e. The summed E-state index contributed by atoms with van der Waals surface area (Å²) in [5.41, 5.74) is 3.30. The molecule has 0 radical (unpaired) electrons. The van der Waals surface area contributed by atoms with Gasteiger partial charge in [0.05, 0.1) is 12.5 Å². The zero-order valence-electron chi connectivity index (χ0n) is 14.2. The molecule has 3 nitrogen and oxygen atoms in total. The number of fused-ring (bicyclic) bond motifs is 1. The van der Waals surface area contributed by atoms with Gasteiger partial charge in [0.1, 0.15) is 16.2 Å². The van der Waals surface area contributed by atoms with Crippen LogP contribution in [-0.2, 0) is 17.6 Å². The van der Waals surface area contributed by atoms with Crippen molar-refractivity contribution in [1.82, 2.24) is 4.98 Å². The standard InChI is InChI=1S/C20H19BrFNO2/c1-3-12-9-19(21)23-10-17(12)16(4-2)20(24)14-7-13-8-15(22)5-6-18(13)25-11-14/h4-6,8-10,14H,3,7,11H2,1-2H3/b16-4+. The molecule has 0 spiro atoms. The first-order valence-electron chi connectivity index (χ1n) is 8.30. The van der Waals surface area contributed by atoms with Crippen LogP contribution in [0.15, 0.2) is 41.1 Å². The van der Waals surface area contributed by atoms with Crippen LogP contribution < -0.4 is 4.74 Å². The van der Waals surface area contributed by atoms with Crippen molar-refractivity contribution in [2.45, 2.75) is 26.7 Å². The second kappa shape index (κ2) is 7.48. The maximum atomic E-state index is 13.5. The van der Waals surface area contributed by atoms with Crippen LogP contribution in [0.5, 0.6) is 5.75 Å². The van der Waals surface area contributed by atoms with Crippen LogP contribution in [0.2, 0.25) is 0 Å². The third kappa shape index (κ3) is 3.66. The van der Waals surface area contributed by atoms with E-state index in [1.54, 1.807) is 12.3 Å². The minimum absolute atomic E-state index is 0.0104. The van der Waals surface area contributed by atoms with Crippen LogP contribution in [0, 0.1) is 11.7 Å². The van der Waals surface area contributed by atoms with Crippen molar-refractivity contribution in [1.29, 1.82) is 0 Å². The normalized spacial score (nSPS) is 17.0. The highest BCUT2D eigenvalue weighted by atomic mass is 79.9. The fourth-order valence-corrected chi connectivity index (χ4v) is 3.56. The van der Waals surface area contributed by atoms with E-state index in [4.69, 9.17) is 4.74 Å². The molecule has 1 aromatic heterocycles. The highest BCUT2D eigenvalue weighted by Crippen LogP contribution is 2.32. The van der Waals surface area contributed by atoms with Gasteiger partial charge in [-0.15, -0.1) is 0 Å². The fourth-order valence-electron chi connectivity index (χ4n) is 3.18. The summed E-state index contributed by atoms with van der Waals surface area (Å²) in [4.78, 5) is 17.4. The summed E-state index contributed by atoms with van der Waals surface area (Å²) in [7, 11) is 0. The van der Waals surface area contributed by atoms with Gasteiger partial charge in [-0.1, -0.05) is 13.0 Å². The van der Waals surface area contributed by atoms with E-state index in [-0.39, 0.29) is 17.5 Å². The van der Waals surface area contributed by atoms with Gasteiger partial charge in [-0.25, -0.2) is 9.37 Å². The van der Waals surface area contributed by atoms with Gasteiger partial charge in [0.2, 0.25) is 0 Å². The third-order valence-electron chi connectivity index (χ3n) is 4.48. The average Bonchev–Trinajstić information content (AvgIpc) is 2.62. The van der Waals surface area contributed by atoms with E-state index in [1.165, 1.54) is 12.1 Å².